The van der Waals surface area contributed by atoms with Gasteiger partial charge in [-0.2, -0.15) is 0 Å². The third-order valence-electron chi connectivity index (χ3n) is 4.34. The fourth-order valence-corrected chi connectivity index (χ4v) is 3.07. The molecule has 1 aliphatic heterocycles. The van der Waals surface area contributed by atoms with Crippen LogP contribution in [0.5, 0.6) is 0 Å². The highest BCUT2D eigenvalue weighted by molar-refractivity contribution is 5.80. The van der Waals surface area contributed by atoms with E-state index in [9.17, 15) is 9.18 Å². The number of likely N-dealkylation sites (tertiary alicyclic amines) is 1. The van der Waals surface area contributed by atoms with Crippen molar-refractivity contribution >= 4 is 11.9 Å². The molecule has 0 aromatic heterocycles. The van der Waals surface area contributed by atoms with E-state index in [1.807, 2.05) is 6.92 Å². The second-order valence-corrected chi connectivity index (χ2v) is 6.27. The minimum absolute atomic E-state index is 0.120. The summed E-state index contributed by atoms with van der Waals surface area (Å²) in [6.45, 7) is 5.68. The molecule has 0 saturated carbocycles. The first-order chi connectivity index (χ1) is 12.6. The summed E-state index contributed by atoms with van der Waals surface area (Å²) in [6, 6.07) is 6.10. The molecule has 2 rings (SSSR count). The summed E-state index contributed by atoms with van der Waals surface area (Å²) in [5, 5.41) is 6.11. The van der Waals surface area contributed by atoms with Gasteiger partial charge in [0.25, 0.3) is 0 Å². The number of piperidine rings is 1. The van der Waals surface area contributed by atoms with Gasteiger partial charge in [-0.05, 0) is 37.5 Å². The molecule has 1 aromatic carbocycles. The average Bonchev–Trinajstić information content (AvgIpc) is 2.63. The number of guanidine groups is 1. The van der Waals surface area contributed by atoms with Crippen molar-refractivity contribution in [1.82, 2.24) is 15.5 Å². The third-order valence-corrected chi connectivity index (χ3v) is 4.34. The van der Waals surface area contributed by atoms with Crippen LogP contribution in [0.3, 0.4) is 0 Å². The molecule has 7 heteroatoms. The second-order valence-electron chi connectivity index (χ2n) is 6.27. The maximum absolute atomic E-state index is 13.1. The predicted octanol–water partition coefficient (Wildman–Crippen LogP) is 1.56. The van der Waals surface area contributed by atoms with Crippen LogP contribution in [0.4, 0.5) is 4.39 Å². The summed E-state index contributed by atoms with van der Waals surface area (Å²) >= 11 is 0. The molecule has 0 spiro atoms. The summed E-state index contributed by atoms with van der Waals surface area (Å²) in [5.74, 6) is 0.401. The zero-order valence-electron chi connectivity index (χ0n) is 15.6. The van der Waals surface area contributed by atoms with E-state index in [0.29, 0.717) is 24.8 Å². The van der Waals surface area contributed by atoms with Gasteiger partial charge >= 0.3 is 0 Å². The van der Waals surface area contributed by atoms with Gasteiger partial charge in [0.05, 0.1) is 12.5 Å². The van der Waals surface area contributed by atoms with Crippen LogP contribution in [-0.4, -0.2) is 62.7 Å². The van der Waals surface area contributed by atoms with Gasteiger partial charge in [0.15, 0.2) is 5.96 Å². The highest BCUT2D eigenvalue weighted by Crippen LogP contribution is 2.13. The Morgan fingerprint density at radius 1 is 1.31 bits per heavy atom. The van der Waals surface area contributed by atoms with E-state index in [1.165, 1.54) is 12.1 Å². The first-order valence-corrected chi connectivity index (χ1v) is 9.20. The molecule has 1 fully saturated rings. The molecular weight excluding hydrogens is 335 g/mol. The number of carbonyl (C=O) groups excluding carboxylic acids is 1. The summed E-state index contributed by atoms with van der Waals surface area (Å²) < 4.78 is 18.8. The number of aliphatic imine (C=N–C) groups is 1. The topological polar surface area (TPSA) is 66.0 Å². The Bertz CT molecular complexity index is 601. The van der Waals surface area contributed by atoms with Crippen molar-refractivity contribution in [3.63, 3.8) is 0 Å². The number of rotatable bonds is 7. The van der Waals surface area contributed by atoms with Crippen LogP contribution in [0, 0.1) is 5.82 Å². The number of nitrogens with zero attached hydrogens (tertiary/aromatic N) is 2. The van der Waals surface area contributed by atoms with E-state index in [4.69, 9.17) is 4.74 Å². The molecule has 0 unspecified atom stereocenters. The quantitative estimate of drug-likeness (QED) is 0.438. The molecule has 2 N–H and O–H groups in total. The van der Waals surface area contributed by atoms with E-state index in [2.05, 4.69) is 20.5 Å². The monoisotopic (exact) mass is 364 g/mol. The third kappa shape index (κ3) is 6.63. The van der Waals surface area contributed by atoms with Crippen molar-refractivity contribution in [3.05, 3.63) is 35.6 Å². The smallest absolute Gasteiger partial charge is 0.224 e. The lowest BCUT2D eigenvalue weighted by molar-refractivity contribution is -0.120. The van der Waals surface area contributed by atoms with Gasteiger partial charge in [-0.25, -0.2) is 4.39 Å². The fraction of sp³-hybridized carbons (Fsp3) is 0.579. The number of halogens is 1. The van der Waals surface area contributed by atoms with E-state index in [0.717, 1.165) is 38.5 Å². The Kier molecular flexibility index (Phi) is 8.34. The molecule has 1 aliphatic rings. The lowest BCUT2D eigenvalue weighted by atomic mass is 10.1. The molecule has 0 radical (unpaired) electrons. The van der Waals surface area contributed by atoms with Crippen LogP contribution in [0.15, 0.2) is 29.3 Å². The number of carbonyl (C=O) groups is 1. The normalized spacial score (nSPS) is 15.8. The minimum Gasteiger partial charge on any atom is -0.378 e. The maximum atomic E-state index is 13.1. The molecule has 0 atom stereocenters. The van der Waals surface area contributed by atoms with Crippen molar-refractivity contribution in [2.75, 3.05) is 39.8 Å². The molecule has 0 aliphatic carbocycles. The minimum atomic E-state index is -0.325. The number of nitrogens with one attached hydrogen (secondary N) is 2. The Hall–Kier alpha value is -2.15. The highest BCUT2D eigenvalue weighted by Gasteiger charge is 2.21. The molecule has 26 heavy (non-hydrogen) atoms. The van der Waals surface area contributed by atoms with E-state index < -0.39 is 0 Å². The molecule has 1 amide bonds. The summed E-state index contributed by atoms with van der Waals surface area (Å²) in [7, 11) is 1.76. The average molecular weight is 364 g/mol. The van der Waals surface area contributed by atoms with Gasteiger partial charge in [-0.3, -0.25) is 9.79 Å². The molecule has 6 nitrogen and oxygen atoms in total. The number of hydrogen-bond donors (Lipinski definition) is 2. The largest absolute Gasteiger partial charge is 0.378 e. The standard InChI is InChI=1S/C19H29FN4O2/c1-3-26-17-7-11-24(12-8-17)19(21-2)23-10-9-22-18(25)14-15-5-4-6-16(20)13-15/h4-6,13,17H,3,7-12,14H2,1-2H3,(H,21,23)(H,22,25). The molecule has 0 bridgehead atoms. The van der Waals surface area contributed by atoms with Gasteiger partial charge in [0, 0.05) is 39.8 Å². The Balaban J connectivity index is 1.65. The van der Waals surface area contributed by atoms with Gasteiger partial charge in [-0.15, -0.1) is 0 Å². The van der Waals surface area contributed by atoms with Crippen LogP contribution in [0.1, 0.15) is 25.3 Å². The van der Waals surface area contributed by atoms with Gasteiger partial charge < -0.3 is 20.3 Å². The SMILES string of the molecule is CCOC1CCN(C(=NC)NCCNC(=O)Cc2cccc(F)c2)CC1. The summed E-state index contributed by atoms with van der Waals surface area (Å²) in [6.07, 6.45) is 2.52. The van der Waals surface area contributed by atoms with Crippen molar-refractivity contribution in [3.8, 4) is 0 Å². The van der Waals surface area contributed by atoms with Crippen molar-refractivity contribution in [1.29, 1.82) is 0 Å². The lowest BCUT2D eigenvalue weighted by Crippen LogP contribution is -2.48. The van der Waals surface area contributed by atoms with Crippen molar-refractivity contribution in [2.45, 2.75) is 32.3 Å². The predicted molar refractivity (Wildman–Crippen MR) is 101 cm³/mol. The first kappa shape index (κ1) is 20.2. The summed E-state index contributed by atoms with van der Waals surface area (Å²) in [5.41, 5.74) is 0.670. The molecule has 144 valence electrons. The van der Waals surface area contributed by atoms with Crippen LogP contribution in [0.2, 0.25) is 0 Å². The lowest BCUT2D eigenvalue weighted by Gasteiger charge is -2.34. The Labute approximate surface area is 154 Å². The molecule has 1 aromatic rings. The number of hydrogen-bond acceptors (Lipinski definition) is 3. The second kappa shape index (κ2) is 10.8. The molecule has 1 saturated heterocycles. The van der Waals surface area contributed by atoms with Crippen LogP contribution >= 0.6 is 0 Å². The molecule has 1 heterocycles. The van der Waals surface area contributed by atoms with Gasteiger partial charge in [0.1, 0.15) is 5.82 Å². The van der Waals surface area contributed by atoms with Crippen LogP contribution in [0.25, 0.3) is 0 Å². The van der Waals surface area contributed by atoms with E-state index in [1.54, 1.807) is 19.2 Å². The van der Waals surface area contributed by atoms with E-state index in [-0.39, 0.29) is 18.1 Å². The van der Waals surface area contributed by atoms with Crippen molar-refractivity contribution < 1.29 is 13.9 Å². The number of ether oxygens (including phenoxy) is 1. The maximum Gasteiger partial charge on any atom is 0.224 e. The van der Waals surface area contributed by atoms with Gasteiger partial charge in [-0.1, -0.05) is 12.1 Å². The van der Waals surface area contributed by atoms with Crippen LogP contribution in [-0.2, 0) is 16.0 Å². The number of benzene rings is 1. The molecular formula is C19H29FN4O2. The highest BCUT2D eigenvalue weighted by atomic mass is 19.1. The van der Waals surface area contributed by atoms with E-state index >= 15 is 0 Å². The zero-order chi connectivity index (χ0) is 18.8. The first-order valence-electron chi connectivity index (χ1n) is 9.20. The van der Waals surface area contributed by atoms with Gasteiger partial charge in [0.2, 0.25) is 5.91 Å². The fourth-order valence-electron chi connectivity index (χ4n) is 3.07. The van der Waals surface area contributed by atoms with Crippen molar-refractivity contribution in [2.24, 2.45) is 4.99 Å². The van der Waals surface area contributed by atoms with Crippen LogP contribution < -0.4 is 10.6 Å². The Morgan fingerprint density at radius 3 is 2.69 bits per heavy atom. The zero-order valence-corrected chi connectivity index (χ0v) is 15.6. The number of amides is 1. The summed E-state index contributed by atoms with van der Waals surface area (Å²) in [4.78, 5) is 18.4. The Morgan fingerprint density at radius 2 is 2.04 bits per heavy atom.